The lowest BCUT2D eigenvalue weighted by Crippen LogP contribution is -2.10. The number of hydrogen-bond acceptors (Lipinski definition) is 1. The molecule has 0 aliphatic heterocycles. The summed E-state index contributed by atoms with van der Waals surface area (Å²) in [7, 11) is 1.67. The number of ether oxygens (including phenoxy) is 1. The zero-order valence-electron chi connectivity index (χ0n) is 11.8. The van der Waals surface area contributed by atoms with Gasteiger partial charge in [-0.05, 0) is 64.0 Å². The fourth-order valence-electron chi connectivity index (χ4n) is 2.33. The van der Waals surface area contributed by atoms with Crippen molar-refractivity contribution in [2.45, 2.75) is 12.8 Å². The molecule has 0 fully saturated rings. The van der Waals surface area contributed by atoms with Crippen LogP contribution in [-0.2, 0) is 12.8 Å². The van der Waals surface area contributed by atoms with Crippen molar-refractivity contribution in [3.8, 4) is 5.75 Å². The minimum absolute atomic E-state index is 0.354. The predicted molar refractivity (Wildman–Crippen MR) is 93.8 cm³/mol. The highest BCUT2D eigenvalue weighted by Crippen LogP contribution is 2.28. The van der Waals surface area contributed by atoms with E-state index in [0.717, 1.165) is 33.6 Å². The Morgan fingerprint density at radius 1 is 1.14 bits per heavy atom. The Morgan fingerprint density at radius 2 is 1.90 bits per heavy atom. The molecule has 112 valence electrons. The largest absolute Gasteiger partial charge is 0.496 e. The first-order valence-electron chi connectivity index (χ1n) is 6.75. The van der Waals surface area contributed by atoms with E-state index in [-0.39, 0.29) is 0 Å². The molecule has 1 atom stereocenters. The van der Waals surface area contributed by atoms with Gasteiger partial charge in [0.15, 0.2) is 0 Å². The molecule has 0 aliphatic rings. The second kappa shape index (κ2) is 8.07. The average Bonchev–Trinajstić information content (AvgIpc) is 2.49. The van der Waals surface area contributed by atoms with Crippen molar-refractivity contribution in [3.63, 3.8) is 0 Å². The van der Waals surface area contributed by atoms with Crippen molar-refractivity contribution >= 4 is 39.1 Å². The number of halogens is 3. The van der Waals surface area contributed by atoms with Crippen LogP contribution in [0.25, 0.3) is 0 Å². The standard InChI is InChI=1S/C17H17BrCl2O/c1-21-17-7-6-12(10-15(17)18)8-13(11-19)9-14-4-2-3-5-16(14)20/h2-7,10,13H,8-9,11H2,1H3. The molecular formula is C17H17BrCl2O. The van der Waals surface area contributed by atoms with E-state index in [4.69, 9.17) is 27.9 Å². The molecule has 0 saturated heterocycles. The number of rotatable bonds is 6. The summed E-state index contributed by atoms with van der Waals surface area (Å²) >= 11 is 15.9. The molecule has 0 aromatic heterocycles. The van der Waals surface area contributed by atoms with Crippen molar-refractivity contribution in [2.75, 3.05) is 13.0 Å². The Balaban J connectivity index is 2.09. The van der Waals surface area contributed by atoms with Crippen molar-refractivity contribution in [1.29, 1.82) is 0 Å². The lowest BCUT2D eigenvalue weighted by atomic mass is 9.94. The van der Waals surface area contributed by atoms with Gasteiger partial charge in [0, 0.05) is 10.9 Å². The molecule has 0 amide bonds. The van der Waals surface area contributed by atoms with Crippen LogP contribution in [0.15, 0.2) is 46.9 Å². The minimum Gasteiger partial charge on any atom is -0.496 e. The second-order valence-electron chi connectivity index (χ2n) is 4.99. The summed E-state index contributed by atoms with van der Waals surface area (Å²) in [6, 6.07) is 14.1. The normalized spacial score (nSPS) is 12.2. The van der Waals surface area contributed by atoms with Gasteiger partial charge in [0.25, 0.3) is 0 Å². The highest BCUT2D eigenvalue weighted by Gasteiger charge is 2.12. The molecule has 0 radical (unpaired) electrons. The first kappa shape index (κ1) is 16.7. The number of hydrogen-bond donors (Lipinski definition) is 0. The first-order valence-corrected chi connectivity index (χ1v) is 8.46. The van der Waals surface area contributed by atoms with Gasteiger partial charge in [-0.3, -0.25) is 0 Å². The van der Waals surface area contributed by atoms with E-state index >= 15 is 0 Å². The fraction of sp³-hybridized carbons (Fsp3) is 0.294. The van der Waals surface area contributed by atoms with Crippen LogP contribution in [-0.4, -0.2) is 13.0 Å². The summed E-state index contributed by atoms with van der Waals surface area (Å²) in [6.45, 7) is 0. The summed E-state index contributed by atoms with van der Waals surface area (Å²) in [4.78, 5) is 0. The third kappa shape index (κ3) is 4.64. The Kier molecular flexibility index (Phi) is 6.40. The van der Waals surface area contributed by atoms with Crippen LogP contribution >= 0.6 is 39.1 Å². The van der Waals surface area contributed by atoms with Crippen LogP contribution in [0.4, 0.5) is 0 Å². The molecule has 1 nitrogen and oxygen atoms in total. The zero-order chi connectivity index (χ0) is 15.2. The average molecular weight is 388 g/mol. The van der Waals surface area contributed by atoms with Crippen molar-refractivity contribution < 1.29 is 4.74 Å². The van der Waals surface area contributed by atoms with Crippen molar-refractivity contribution in [1.82, 2.24) is 0 Å². The lowest BCUT2D eigenvalue weighted by molar-refractivity contribution is 0.412. The Bertz CT molecular complexity index is 601. The van der Waals surface area contributed by atoms with E-state index < -0.39 is 0 Å². The molecule has 0 heterocycles. The summed E-state index contributed by atoms with van der Waals surface area (Å²) in [5.41, 5.74) is 2.39. The number of benzene rings is 2. The molecule has 21 heavy (non-hydrogen) atoms. The smallest absolute Gasteiger partial charge is 0.133 e. The van der Waals surface area contributed by atoms with E-state index in [1.54, 1.807) is 7.11 Å². The zero-order valence-corrected chi connectivity index (χ0v) is 14.9. The van der Waals surface area contributed by atoms with Crippen LogP contribution in [0.2, 0.25) is 5.02 Å². The first-order chi connectivity index (χ1) is 10.1. The SMILES string of the molecule is COc1ccc(CC(CCl)Cc2ccccc2Cl)cc1Br. The van der Waals surface area contributed by atoms with Gasteiger partial charge in [-0.25, -0.2) is 0 Å². The Morgan fingerprint density at radius 3 is 2.52 bits per heavy atom. The maximum Gasteiger partial charge on any atom is 0.133 e. The van der Waals surface area contributed by atoms with Crippen molar-refractivity contribution in [2.24, 2.45) is 5.92 Å². The molecule has 0 bridgehead atoms. The molecule has 0 aliphatic carbocycles. The molecular weight excluding hydrogens is 371 g/mol. The molecule has 0 spiro atoms. The van der Waals surface area contributed by atoms with Gasteiger partial charge in [0.1, 0.15) is 5.75 Å². The topological polar surface area (TPSA) is 9.23 Å². The molecule has 4 heteroatoms. The molecule has 2 aromatic carbocycles. The molecule has 2 rings (SSSR count). The van der Waals surface area contributed by atoms with Crippen LogP contribution in [0.3, 0.4) is 0 Å². The van der Waals surface area contributed by atoms with Gasteiger partial charge < -0.3 is 4.74 Å². The van der Waals surface area contributed by atoms with Gasteiger partial charge in [-0.2, -0.15) is 0 Å². The molecule has 0 N–H and O–H groups in total. The Labute approximate surface area is 144 Å². The van der Waals surface area contributed by atoms with Crippen molar-refractivity contribution in [3.05, 3.63) is 63.1 Å². The molecule has 0 saturated carbocycles. The van der Waals surface area contributed by atoms with Gasteiger partial charge in [-0.15, -0.1) is 11.6 Å². The summed E-state index contributed by atoms with van der Waals surface area (Å²) < 4.78 is 6.22. The Hall–Kier alpha value is -0.700. The summed E-state index contributed by atoms with van der Waals surface area (Å²) in [5, 5.41) is 0.809. The molecule has 2 aromatic rings. The van der Waals surface area contributed by atoms with Crippen LogP contribution in [0, 0.1) is 5.92 Å². The molecule has 1 unspecified atom stereocenters. The van der Waals surface area contributed by atoms with Crippen LogP contribution in [0.5, 0.6) is 5.75 Å². The van der Waals surface area contributed by atoms with Gasteiger partial charge >= 0.3 is 0 Å². The highest BCUT2D eigenvalue weighted by molar-refractivity contribution is 9.10. The quantitative estimate of drug-likeness (QED) is 0.573. The van der Waals surface area contributed by atoms with Crippen LogP contribution in [0.1, 0.15) is 11.1 Å². The van der Waals surface area contributed by atoms with Gasteiger partial charge in [-0.1, -0.05) is 35.9 Å². The van der Waals surface area contributed by atoms with E-state index in [1.165, 1.54) is 5.56 Å². The van der Waals surface area contributed by atoms with Gasteiger partial charge in [0.2, 0.25) is 0 Å². The minimum atomic E-state index is 0.354. The highest BCUT2D eigenvalue weighted by atomic mass is 79.9. The summed E-state index contributed by atoms with van der Waals surface area (Å²) in [6.07, 6.45) is 1.80. The van der Waals surface area contributed by atoms with Crippen LogP contribution < -0.4 is 4.74 Å². The maximum atomic E-state index is 6.23. The third-order valence-electron chi connectivity index (χ3n) is 3.43. The lowest BCUT2D eigenvalue weighted by Gasteiger charge is -2.16. The summed E-state index contributed by atoms with van der Waals surface area (Å²) in [5.74, 6) is 1.80. The second-order valence-corrected chi connectivity index (χ2v) is 6.56. The van der Waals surface area contributed by atoms with E-state index in [2.05, 4.69) is 34.1 Å². The number of alkyl halides is 1. The van der Waals surface area contributed by atoms with Gasteiger partial charge in [0.05, 0.1) is 11.6 Å². The van der Waals surface area contributed by atoms with E-state index in [1.807, 2.05) is 24.3 Å². The fourth-order valence-corrected chi connectivity index (χ4v) is 3.35. The van der Waals surface area contributed by atoms with E-state index in [9.17, 15) is 0 Å². The predicted octanol–water partition coefficient (Wildman–Crippen LogP) is 5.75. The third-order valence-corrected chi connectivity index (χ3v) is 4.85. The number of methoxy groups -OCH3 is 1. The van der Waals surface area contributed by atoms with E-state index in [0.29, 0.717) is 11.8 Å². The maximum absolute atomic E-state index is 6.23. The monoisotopic (exact) mass is 386 g/mol.